The Morgan fingerprint density at radius 3 is 2.60 bits per heavy atom. The zero-order valence-electron chi connectivity index (χ0n) is 9.60. The number of rotatable bonds is 4. The Morgan fingerprint density at radius 2 is 2.07 bits per heavy atom. The molecule has 0 bridgehead atoms. The Labute approximate surface area is 96.4 Å². The zero-order chi connectivity index (χ0) is 11.4. The molecule has 15 heavy (non-hydrogen) atoms. The minimum atomic E-state index is -0.603. The Balaban J connectivity index is 2.39. The van der Waals surface area contributed by atoms with Crippen molar-refractivity contribution in [2.24, 2.45) is 17.6 Å². The third kappa shape index (κ3) is 3.94. The largest absolute Gasteiger partial charge is 0.394 e. The Hall–Kier alpha value is 0.230. The molecule has 0 radical (unpaired) electrons. The topological polar surface area (TPSA) is 66.5 Å². The van der Waals surface area contributed by atoms with Gasteiger partial charge in [0.05, 0.1) is 12.7 Å². The monoisotopic (exact) mass is 233 g/mol. The van der Waals surface area contributed by atoms with Gasteiger partial charge in [0.2, 0.25) is 0 Å². The normalized spacial score (nSPS) is 39.0. The predicted octanol–water partition coefficient (Wildman–Crippen LogP) is 0.835. The van der Waals surface area contributed by atoms with Crippen LogP contribution >= 0.6 is 11.8 Å². The van der Waals surface area contributed by atoms with Crippen molar-refractivity contribution in [2.45, 2.75) is 44.1 Å². The first-order chi connectivity index (χ1) is 7.04. The molecule has 0 aromatic heterocycles. The highest BCUT2D eigenvalue weighted by Crippen LogP contribution is 2.35. The smallest absolute Gasteiger partial charge is 0.0861 e. The van der Waals surface area contributed by atoms with E-state index in [1.165, 1.54) is 6.42 Å². The summed E-state index contributed by atoms with van der Waals surface area (Å²) in [6.07, 6.45) is 1.70. The molecule has 0 spiro atoms. The molecule has 1 saturated carbocycles. The summed E-state index contributed by atoms with van der Waals surface area (Å²) >= 11 is 1.71. The van der Waals surface area contributed by atoms with Gasteiger partial charge in [-0.1, -0.05) is 13.8 Å². The maximum atomic E-state index is 9.30. The van der Waals surface area contributed by atoms with E-state index in [-0.39, 0.29) is 12.6 Å². The second kappa shape index (κ2) is 6.09. The van der Waals surface area contributed by atoms with E-state index in [0.29, 0.717) is 16.9 Å². The van der Waals surface area contributed by atoms with Gasteiger partial charge in [0.15, 0.2) is 0 Å². The van der Waals surface area contributed by atoms with E-state index in [2.05, 4.69) is 13.8 Å². The van der Waals surface area contributed by atoms with E-state index in [1.54, 1.807) is 11.8 Å². The molecule has 0 aromatic carbocycles. The van der Waals surface area contributed by atoms with E-state index < -0.39 is 6.10 Å². The minimum Gasteiger partial charge on any atom is -0.394 e. The van der Waals surface area contributed by atoms with Crippen molar-refractivity contribution in [1.29, 1.82) is 0 Å². The predicted molar refractivity (Wildman–Crippen MR) is 64.9 cm³/mol. The Kier molecular flexibility index (Phi) is 5.39. The van der Waals surface area contributed by atoms with Crippen LogP contribution in [0.2, 0.25) is 0 Å². The number of aliphatic hydroxyl groups excluding tert-OH is 2. The standard InChI is InChI=1S/C11H23NO2S/c1-7-3-8(2)11(10(12)4-7)15-6-9(14)5-13/h7-11,13-14H,3-6,12H2,1-2H3. The van der Waals surface area contributed by atoms with E-state index in [1.807, 2.05) is 0 Å². The van der Waals surface area contributed by atoms with Crippen LogP contribution in [-0.2, 0) is 0 Å². The lowest BCUT2D eigenvalue weighted by Crippen LogP contribution is -2.43. The first-order valence-corrected chi connectivity index (χ1v) is 6.75. The lowest BCUT2D eigenvalue weighted by atomic mass is 9.80. The van der Waals surface area contributed by atoms with Crippen LogP contribution in [0, 0.1) is 11.8 Å². The van der Waals surface area contributed by atoms with Crippen LogP contribution < -0.4 is 5.73 Å². The third-order valence-electron chi connectivity index (χ3n) is 3.12. The molecule has 4 heteroatoms. The van der Waals surface area contributed by atoms with Crippen LogP contribution in [0.1, 0.15) is 26.7 Å². The fraction of sp³-hybridized carbons (Fsp3) is 1.00. The van der Waals surface area contributed by atoms with Gasteiger partial charge in [-0.05, 0) is 24.7 Å². The van der Waals surface area contributed by atoms with Gasteiger partial charge < -0.3 is 15.9 Å². The molecule has 0 heterocycles. The van der Waals surface area contributed by atoms with E-state index in [0.717, 1.165) is 12.3 Å². The second-order valence-electron chi connectivity index (χ2n) is 4.85. The molecule has 0 aliphatic heterocycles. The lowest BCUT2D eigenvalue weighted by molar-refractivity contribution is 0.113. The number of hydrogen-bond donors (Lipinski definition) is 3. The molecule has 0 saturated heterocycles. The minimum absolute atomic E-state index is 0.153. The molecule has 5 unspecified atom stereocenters. The van der Waals surface area contributed by atoms with Crippen molar-refractivity contribution in [3.63, 3.8) is 0 Å². The van der Waals surface area contributed by atoms with Gasteiger partial charge in [0.25, 0.3) is 0 Å². The Bertz CT molecular complexity index is 179. The lowest BCUT2D eigenvalue weighted by Gasteiger charge is -2.37. The molecule has 1 rings (SSSR count). The quantitative estimate of drug-likeness (QED) is 0.673. The van der Waals surface area contributed by atoms with Crippen LogP contribution in [0.15, 0.2) is 0 Å². The Morgan fingerprint density at radius 1 is 1.40 bits per heavy atom. The summed E-state index contributed by atoms with van der Waals surface area (Å²) in [4.78, 5) is 0. The van der Waals surface area contributed by atoms with Crippen LogP contribution in [0.5, 0.6) is 0 Å². The molecule has 0 aromatic rings. The average Bonchev–Trinajstić information content (AvgIpc) is 2.15. The molecule has 1 aliphatic rings. The molecule has 1 aliphatic carbocycles. The SMILES string of the molecule is CC1CC(C)C(SCC(O)CO)C(N)C1. The van der Waals surface area contributed by atoms with Crippen LogP contribution in [0.4, 0.5) is 0 Å². The zero-order valence-corrected chi connectivity index (χ0v) is 10.4. The van der Waals surface area contributed by atoms with Crippen LogP contribution in [0.3, 0.4) is 0 Å². The van der Waals surface area contributed by atoms with Gasteiger partial charge in [-0.2, -0.15) is 11.8 Å². The van der Waals surface area contributed by atoms with E-state index in [9.17, 15) is 5.11 Å². The number of hydrogen-bond acceptors (Lipinski definition) is 4. The summed E-state index contributed by atoms with van der Waals surface area (Å²) in [6, 6.07) is 0.236. The molecule has 3 nitrogen and oxygen atoms in total. The second-order valence-corrected chi connectivity index (χ2v) is 6.06. The van der Waals surface area contributed by atoms with Gasteiger partial charge in [-0.15, -0.1) is 0 Å². The summed E-state index contributed by atoms with van der Waals surface area (Å²) in [7, 11) is 0. The molecule has 90 valence electrons. The number of nitrogens with two attached hydrogens (primary N) is 1. The highest BCUT2D eigenvalue weighted by atomic mass is 32.2. The van der Waals surface area contributed by atoms with Crippen molar-refractivity contribution in [3.8, 4) is 0 Å². The maximum Gasteiger partial charge on any atom is 0.0861 e. The van der Waals surface area contributed by atoms with Gasteiger partial charge in [-0.25, -0.2) is 0 Å². The summed E-state index contributed by atoms with van der Waals surface area (Å²) in [5, 5.41) is 18.5. The fourth-order valence-electron chi connectivity index (χ4n) is 2.45. The van der Waals surface area contributed by atoms with E-state index in [4.69, 9.17) is 10.8 Å². The highest BCUT2D eigenvalue weighted by molar-refractivity contribution is 8.00. The van der Waals surface area contributed by atoms with Crippen molar-refractivity contribution >= 4 is 11.8 Å². The molecule has 5 atom stereocenters. The third-order valence-corrected chi connectivity index (χ3v) is 4.90. The molecular formula is C11H23NO2S. The fourth-order valence-corrected chi connectivity index (χ4v) is 3.80. The van der Waals surface area contributed by atoms with Gasteiger partial charge in [0.1, 0.15) is 0 Å². The van der Waals surface area contributed by atoms with Crippen molar-refractivity contribution in [1.82, 2.24) is 0 Å². The first kappa shape index (κ1) is 13.3. The van der Waals surface area contributed by atoms with E-state index >= 15 is 0 Å². The number of thioether (sulfide) groups is 1. The summed E-state index contributed by atoms with van der Waals surface area (Å²) < 4.78 is 0. The van der Waals surface area contributed by atoms with Crippen molar-refractivity contribution in [3.05, 3.63) is 0 Å². The summed E-state index contributed by atoms with van der Waals surface area (Å²) in [6.45, 7) is 4.33. The van der Waals surface area contributed by atoms with Gasteiger partial charge in [-0.3, -0.25) is 0 Å². The van der Waals surface area contributed by atoms with Crippen molar-refractivity contribution in [2.75, 3.05) is 12.4 Å². The first-order valence-electron chi connectivity index (χ1n) is 5.70. The van der Waals surface area contributed by atoms with Crippen LogP contribution in [-0.4, -0.2) is 40.0 Å². The average molecular weight is 233 g/mol. The highest BCUT2D eigenvalue weighted by Gasteiger charge is 2.32. The molecule has 1 fully saturated rings. The summed E-state index contributed by atoms with van der Waals surface area (Å²) in [5.74, 6) is 1.92. The van der Waals surface area contributed by atoms with Gasteiger partial charge >= 0.3 is 0 Å². The molecule has 4 N–H and O–H groups in total. The molecular weight excluding hydrogens is 210 g/mol. The number of aliphatic hydroxyl groups is 2. The summed E-state index contributed by atoms with van der Waals surface area (Å²) in [5.41, 5.74) is 6.12. The van der Waals surface area contributed by atoms with Crippen LogP contribution in [0.25, 0.3) is 0 Å². The van der Waals surface area contributed by atoms with Gasteiger partial charge in [0, 0.05) is 17.0 Å². The molecule has 0 amide bonds. The van der Waals surface area contributed by atoms with Crippen molar-refractivity contribution < 1.29 is 10.2 Å². The maximum absolute atomic E-state index is 9.30.